The Kier molecular flexibility index (Phi) is 5.28. The number of amides is 1. The minimum absolute atomic E-state index is 0.0357. The Morgan fingerprint density at radius 1 is 1.24 bits per heavy atom. The average molecular weight is 266 g/mol. The first-order valence-electron chi connectivity index (χ1n) is 5.00. The van der Waals surface area contributed by atoms with Crippen LogP contribution in [0.2, 0.25) is 0 Å². The first kappa shape index (κ1) is 13.8. The van der Waals surface area contributed by atoms with Gasteiger partial charge in [-0.3, -0.25) is 4.79 Å². The molecule has 6 heteroatoms. The van der Waals surface area contributed by atoms with Gasteiger partial charge in [-0.15, -0.1) is 11.6 Å². The van der Waals surface area contributed by atoms with E-state index in [1.807, 2.05) is 0 Å². The van der Waals surface area contributed by atoms with Crippen LogP contribution in [0.15, 0.2) is 12.1 Å². The zero-order chi connectivity index (χ0) is 12.8. The largest absolute Gasteiger partial charge is 0.356 e. The van der Waals surface area contributed by atoms with E-state index in [0.29, 0.717) is 12.1 Å². The molecule has 0 unspecified atom stereocenters. The van der Waals surface area contributed by atoms with Crippen LogP contribution in [0.1, 0.15) is 12.0 Å². The lowest BCUT2D eigenvalue weighted by molar-refractivity contribution is -0.120. The molecule has 0 aromatic heterocycles. The number of hydrogen-bond acceptors (Lipinski definition) is 1. The molecule has 94 valence electrons. The molecule has 0 saturated heterocycles. The summed E-state index contributed by atoms with van der Waals surface area (Å²) < 4.78 is 38.9. The van der Waals surface area contributed by atoms with Gasteiger partial charge in [0.05, 0.1) is 0 Å². The summed E-state index contributed by atoms with van der Waals surface area (Å²) in [5.41, 5.74) is -0.238. The standard InChI is InChI=1S/C11H11ClF3NO/c12-3-1-11(17)16-4-2-8-9(14)5-7(13)6-10(8)15/h5-6H,1-4H2,(H,16,17). The summed E-state index contributed by atoms with van der Waals surface area (Å²) in [7, 11) is 0. The van der Waals surface area contributed by atoms with Gasteiger partial charge < -0.3 is 5.32 Å². The maximum Gasteiger partial charge on any atom is 0.221 e. The number of benzene rings is 1. The molecule has 2 nitrogen and oxygen atoms in total. The third kappa shape index (κ3) is 4.26. The third-order valence-electron chi connectivity index (χ3n) is 2.12. The minimum atomic E-state index is -0.963. The van der Waals surface area contributed by atoms with Gasteiger partial charge in [0.15, 0.2) is 0 Å². The lowest BCUT2D eigenvalue weighted by atomic mass is 10.1. The molecule has 0 radical (unpaired) electrons. The predicted molar refractivity (Wildman–Crippen MR) is 58.4 cm³/mol. The Morgan fingerprint density at radius 3 is 2.35 bits per heavy atom. The van der Waals surface area contributed by atoms with Crippen LogP contribution in [0.25, 0.3) is 0 Å². The lowest BCUT2D eigenvalue weighted by Crippen LogP contribution is -2.26. The number of nitrogens with one attached hydrogen (secondary N) is 1. The molecule has 0 fully saturated rings. The predicted octanol–water partition coefficient (Wildman–Crippen LogP) is 2.39. The van der Waals surface area contributed by atoms with Crippen molar-refractivity contribution < 1.29 is 18.0 Å². The fourth-order valence-corrected chi connectivity index (χ4v) is 1.48. The molecular weight excluding hydrogens is 255 g/mol. The van der Waals surface area contributed by atoms with Crippen LogP contribution in [0.3, 0.4) is 0 Å². The fraction of sp³-hybridized carbons (Fsp3) is 0.364. The van der Waals surface area contributed by atoms with Crippen molar-refractivity contribution in [3.8, 4) is 0 Å². The maximum atomic E-state index is 13.2. The van der Waals surface area contributed by atoms with Gasteiger partial charge in [-0.25, -0.2) is 13.2 Å². The third-order valence-corrected chi connectivity index (χ3v) is 2.31. The van der Waals surface area contributed by atoms with E-state index in [4.69, 9.17) is 11.6 Å². The number of carbonyl (C=O) groups excluding carboxylic acids is 1. The molecule has 0 saturated carbocycles. The molecule has 1 aromatic carbocycles. The first-order chi connectivity index (χ1) is 8.04. The van der Waals surface area contributed by atoms with Gasteiger partial charge in [0.1, 0.15) is 17.5 Å². The van der Waals surface area contributed by atoms with Gasteiger partial charge in [0.25, 0.3) is 0 Å². The summed E-state index contributed by atoms with van der Waals surface area (Å²) in [4.78, 5) is 11.0. The van der Waals surface area contributed by atoms with Gasteiger partial charge >= 0.3 is 0 Å². The molecule has 0 aliphatic rings. The van der Waals surface area contributed by atoms with E-state index in [1.165, 1.54) is 0 Å². The van der Waals surface area contributed by atoms with Gasteiger partial charge in [-0.2, -0.15) is 0 Å². The number of hydrogen-bond donors (Lipinski definition) is 1. The van der Waals surface area contributed by atoms with Crippen LogP contribution >= 0.6 is 11.6 Å². The van der Waals surface area contributed by atoms with E-state index in [0.717, 1.165) is 0 Å². The van der Waals surface area contributed by atoms with E-state index in [2.05, 4.69) is 5.32 Å². The molecule has 0 atom stereocenters. The first-order valence-corrected chi connectivity index (χ1v) is 5.54. The molecule has 0 aliphatic heterocycles. The second-order valence-electron chi connectivity index (χ2n) is 3.39. The van der Waals surface area contributed by atoms with Gasteiger partial charge in [-0.05, 0) is 6.42 Å². The topological polar surface area (TPSA) is 29.1 Å². The van der Waals surface area contributed by atoms with E-state index in [1.54, 1.807) is 0 Å². The molecule has 1 aromatic rings. The molecule has 17 heavy (non-hydrogen) atoms. The van der Waals surface area contributed by atoms with Crippen molar-refractivity contribution in [2.24, 2.45) is 0 Å². The Balaban J connectivity index is 2.55. The van der Waals surface area contributed by atoms with Crippen LogP contribution in [0, 0.1) is 17.5 Å². The summed E-state index contributed by atoms with van der Waals surface area (Å²) in [6, 6.07) is 1.22. The molecule has 1 amide bonds. The Labute approximate surface area is 102 Å². The number of halogens is 4. The van der Waals surface area contributed by atoms with Crippen molar-refractivity contribution in [2.45, 2.75) is 12.8 Å². The molecular formula is C11H11ClF3NO. The van der Waals surface area contributed by atoms with Gasteiger partial charge in [0, 0.05) is 36.5 Å². The average Bonchev–Trinajstić information content (AvgIpc) is 2.22. The monoisotopic (exact) mass is 265 g/mol. The second-order valence-corrected chi connectivity index (χ2v) is 3.76. The van der Waals surface area contributed by atoms with Gasteiger partial charge in [0.2, 0.25) is 5.91 Å². The van der Waals surface area contributed by atoms with Crippen LogP contribution in [-0.2, 0) is 11.2 Å². The van der Waals surface area contributed by atoms with Crippen molar-refractivity contribution in [1.29, 1.82) is 0 Å². The fourth-order valence-electron chi connectivity index (χ4n) is 1.31. The van der Waals surface area contributed by atoms with Crippen molar-refractivity contribution in [2.75, 3.05) is 12.4 Å². The molecule has 0 spiro atoms. The molecule has 1 rings (SSSR count). The summed E-state index contributed by atoms with van der Waals surface area (Å²) in [6.07, 6.45) is 0.113. The van der Waals surface area contributed by atoms with Crippen molar-refractivity contribution in [3.63, 3.8) is 0 Å². The van der Waals surface area contributed by atoms with E-state index in [-0.39, 0.29) is 36.7 Å². The maximum absolute atomic E-state index is 13.2. The summed E-state index contributed by atoms with van der Waals surface area (Å²) >= 11 is 5.34. The minimum Gasteiger partial charge on any atom is -0.356 e. The van der Waals surface area contributed by atoms with Gasteiger partial charge in [-0.1, -0.05) is 0 Å². The highest BCUT2D eigenvalue weighted by Gasteiger charge is 2.11. The van der Waals surface area contributed by atoms with Crippen molar-refractivity contribution in [3.05, 3.63) is 35.1 Å². The van der Waals surface area contributed by atoms with Crippen LogP contribution in [-0.4, -0.2) is 18.3 Å². The van der Waals surface area contributed by atoms with Crippen LogP contribution in [0.4, 0.5) is 13.2 Å². The SMILES string of the molecule is O=C(CCCl)NCCc1c(F)cc(F)cc1F. The van der Waals surface area contributed by atoms with Crippen LogP contribution < -0.4 is 5.32 Å². The molecule has 0 aliphatic carbocycles. The van der Waals surface area contributed by atoms with Crippen molar-refractivity contribution >= 4 is 17.5 Å². The Bertz CT molecular complexity index is 389. The highest BCUT2D eigenvalue weighted by molar-refractivity contribution is 6.18. The second kappa shape index (κ2) is 6.49. The zero-order valence-corrected chi connectivity index (χ0v) is 9.66. The van der Waals surface area contributed by atoms with Crippen LogP contribution in [0.5, 0.6) is 0 Å². The lowest BCUT2D eigenvalue weighted by Gasteiger charge is -2.06. The quantitative estimate of drug-likeness (QED) is 0.814. The molecule has 1 N–H and O–H groups in total. The normalized spacial score (nSPS) is 10.4. The Hall–Kier alpha value is -1.23. The number of carbonyl (C=O) groups is 1. The Morgan fingerprint density at radius 2 is 1.82 bits per heavy atom. The number of rotatable bonds is 5. The van der Waals surface area contributed by atoms with E-state index < -0.39 is 17.5 Å². The zero-order valence-electron chi connectivity index (χ0n) is 8.90. The summed E-state index contributed by atoms with van der Waals surface area (Å²) in [6.45, 7) is 0.0786. The summed E-state index contributed by atoms with van der Waals surface area (Å²) in [5.74, 6) is -2.97. The number of alkyl halides is 1. The van der Waals surface area contributed by atoms with E-state index >= 15 is 0 Å². The van der Waals surface area contributed by atoms with E-state index in [9.17, 15) is 18.0 Å². The molecule has 0 bridgehead atoms. The molecule has 0 heterocycles. The highest BCUT2D eigenvalue weighted by Crippen LogP contribution is 2.14. The highest BCUT2D eigenvalue weighted by atomic mass is 35.5. The summed E-state index contributed by atoms with van der Waals surface area (Å²) in [5, 5.41) is 2.45. The smallest absolute Gasteiger partial charge is 0.221 e. The van der Waals surface area contributed by atoms with Crippen molar-refractivity contribution in [1.82, 2.24) is 5.32 Å².